The molecule has 0 bridgehead atoms. The van der Waals surface area contributed by atoms with Crippen LogP contribution < -0.4 is 4.74 Å². The molecule has 1 aromatic carbocycles. The number of aliphatic carboxylic acids is 1. The van der Waals surface area contributed by atoms with Crippen LogP contribution in [0.25, 0.3) is 0 Å². The fourth-order valence-corrected chi connectivity index (χ4v) is 2.49. The summed E-state index contributed by atoms with van der Waals surface area (Å²) in [5, 5.41) is 8.62. The molecule has 0 saturated heterocycles. The van der Waals surface area contributed by atoms with Crippen LogP contribution in [0.1, 0.15) is 29.9 Å². The van der Waals surface area contributed by atoms with Crippen molar-refractivity contribution >= 4 is 5.97 Å². The minimum Gasteiger partial charge on any atom is -0.482 e. The van der Waals surface area contributed by atoms with Gasteiger partial charge in [0.15, 0.2) is 6.61 Å². The van der Waals surface area contributed by atoms with Crippen LogP contribution in [-0.4, -0.2) is 23.9 Å². The van der Waals surface area contributed by atoms with E-state index in [-0.39, 0.29) is 12.5 Å². The van der Waals surface area contributed by atoms with Crippen LogP contribution in [-0.2, 0) is 11.2 Å². The molecule has 97 valence electrons. The van der Waals surface area contributed by atoms with Crippen molar-refractivity contribution in [2.45, 2.75) is 31.4 Å². The maximum atomic E-state index is 13.8. The van der Waals surface area contributed by atoms with Gasteiger partial charge in [-0.3, -0.25) is 0 Å². The zero-order valence-corrected chi connectivity index (χ0v) is 10.1. The van der Waals surface area contributed by atoms with E-state index >= 15 is 0 Å². The van der Waals surface area contributed by atoms with Gasteiger partial charge in [0.05, 0.1) is 0 Å². The van der Waals surface area contributed by atoms with E-state index in [0.29, 0.717) is 25.0 Å². The molecule has 0 amide bonds. The fraction of sp³-hybridized carbons (Fsp3) is 0.429. The molecule has 4 heteroatoms. The van der Waals surface area contributed by atoms with Gasteiger partial charge in [-0.25, -0.2) is 9.18 Å². The molecule has 2 rings (SSSR count). The molecule has 18 heavy (non-hydrogen) atoms. The highest BCUT2D eigenvalue weighted by molar-refractivity contribution is 5.68. The minimum absolute atomic E-state index is 0.206. The number of hydrogen-bond donors (Lipinski definition) is 1. The van der Waals surface area contributed by atoms with Gasteiger partial charge in [-0.2, -0.15) is 0 Å². The van der Waals surface area contributed by atoms with Crippen LogP contribution in [0, 0.1) is 6.92 Å². The lowest BCUT2D eigenvalue weighted by molar-refractivity contribution is -0.139. The second kappa shape index (κ2) is 5.38. The van der Waals surface area contributed by atoms with Crippen LogP contribution in [0.3, 0.4) is 0 Å². The zero-order valence-electron chi connectivity index (χ0n) is 10.1. The number of carboxylic acids is 1. The largest absolute Gasteiger partial charge is 0.482 e. The monoisotopic (exact) mass is 251 g/mol. The van der Waals surface area contributed by atoms with E-state index in [4.69, 9.17) is 9.84 Å². The molecule has 1 aliphatic carbocycles. The maximum absolute atomic E-state index is 13.8. The van der Waals surface area contributed by atoms with Crippen LogP contribution in [0.5, 0.6) is 5.75 Å². The lowest BCUT2D eigenvalue weighted by atomic mass is 9.80. The van der Waals surface area contributed by atoms with Crippen LogP contribution in [0.4, 0.5) is 4.39 Å². The number of rotatable bonds is 4. The topological polar surface area (TPSA) is 46.5 Å². The van der Waals surface area contributed by atoms with Gasteiger partial charge in [-0.05, 0) is 36.5 Å². The highest BCUT2D eigenvalue weighted by Crippen LogP contribution is 2.39. The molecule has 1 N–H and O–H groups in total. The maximum Gasteiger partial charge on any atom is 0.341 e. The van der Waals surface area contributed by atoms with Gasteiger partial charge in [-0.15, -0.1) is 0 Å². The van der Waals surface area contributed by atoms with Gasteiger partial charge in [0.2, 0.25) is 0 Å². The Morgan fingerprint density at radius 2 is 2.33 bits per heavy atom. The first-order valence-corrected chi connectivity index (χ1v) is 6.03. The first-order chi connectivity index (χ1) is 8.63. The van der Waals surface area contributed by atoms with E-state index in [0.717, 1.165) is 11.1 Å². The van der Waals surface area contributed by atoms with E-state index in [1.54, 1.807) is 12.1 Å². The zero-order chi connectivity index (χ0) is 13.1. The molecule has 1 radical (unpaired) electrons. The van der Waals surface area contributed by atoms with Crippen molar-refractivity contribution in [3.05, 3.63) is 36.2 Å². The molecular weight excluding hydrogens is 235 g/mol. The van der Waals surface area contributed by atoms with Crippen molar-refractivity contribution < 1.29 is 19.0 Å². The van der Waals surface area contributed by atoms with Gasteiger partial charge in [0, 0.05) is 5.92 Å². The molecule has 0 aliphatic heterocycles. The second-order valence-corrected chi connectivity index (χ2v) is 4.46. The molecule has 0 fully saturated rings. The van der Waals surface area contributed by atoms with Crippen molar-refractivity contribution in [2.75, 3.05) is 6.61 Å². The molecule has 1 aliphatic rings. The Kier molecular flexibility index (Phi) is 3.84. The van der Waals surface area contributed by atoms with Crippen molar-refractivity contribution in [1.82, 2.24) is 0 Å². The Balaban J connectivity index is 2.29. The Labute approximate surface area is 106 Å². The number of alkyl halides is 1. The number of carbonyl (C=O) groups is 1. The smallest absolute Gasteiger partial charge is 0.341 e. The molecule has 0 saturated carbocycles. The van der Waals surface area contributed by atoms with Gasteiger partial charge in [0.1, 0.15) is 11.9 Å². The predicted octanol–water partition coefficient (Wildman–Crippen LogP) is 2.74. The summed E-state index contributed by atoms with van der Waals surface area (Å²) in [7, 11) is 0. The third-order valence-corrected chi connectivity index (χ3v) is 3.34. The Bertz CT molecular complexity index is 445. The van der Waals surface area contributed by atoms with E-state index < -0.39 is 12.1 Å². The quantitative estimate of drug-likeness (QED) is 0.895. The van der Waals surface area contributed by atoms with Gasteiger partial charge in [0.25, 0.3) is 0 Å². The average molecular weight is 251 g/mol. The molecule has 0 aromatic heterocycles. The molecule has 3 nitrogen and oxygen atoms in total. The number of ether oxygens (including phenoxy) is 1. The Morgan fingerprint density at radius 3 is 3.00 bits per heavy atom. The van der Waals surface area contributed by atoms with Crippen molar-refractivity contribution in [1.29, 1.82) is 0 Å². The van der Waals surface area contributed by atoms with E-state index in [1.807, 2.05) is 6.07 Å². The summed E-state index contributed by atoms with van der Waals surface area (Å²) in [4.78, 5) is 10.5. The third kappa shape index (κ3) is 2.47. The molecule has 2 unspecified atom stereocenters. The summed E-state index contributed by atoms with van der Waals surface area (Å²) in [5.74, 6) is -0.664. The van der Waals surface area contributed by atoms with Gasteiger partial charge < -0.3 is 9.84 Å². The number of benzene rings is 1. The van der Waals surface area contributed by atoms with E-state index in [9.17, 15) is 9.18 Å². The number of hydrogen-bond acceptors (Lipinski definition) is 2. The van der Waals surface area contributed by atoms with Crippen LogP contribution >= 0.6 is 0 Å². The predicted molar refractivity (Wildman–Crippen MR) is 65.5 cm³/mol. The van der Waals surface area contributed by atoms with Crippen molar-refractivity contribution in [2.24, 2.45) is 0 Å². The Hall–Kier alpha value is -1.58. The number of halogens is 1. The highest BCUT2D eigenvalue weighted by Gasteiger charge is 2.29. The van der Waals surface area contributed by atoms with E-state index in [2.05, 4.69) is 6.92 Å². The van der Waals surface area contributed by atoms with Crippen LogP contribution in [0.2, 0.25) is 0 Å². The molecule has 0 spiro atoms. The summed E-state index contributed by atoms with van der Waals surface area (Å²) in [5.41, 5.74) is 1.84. The average Bonchev–Trinajstić information content (AvgIpc) is 2.35. The molecular formula is C14H16FO3. The first-order valence-electron chi connectivity index (χ1n) is 6.03. The second-order valence-electron chi connectivity index (χ2n) is 4.46. The number of carboxylic acid groups (broad SMARTS) is 1. The molecule has 0 heterocycles. The summed E-state index contributed by atoms with van der Waals surface area (Å²) in [6.45, 7) is 3.42. The molecule has 2 atom stereocenters. The van der Waals surface area contributed by atoms with E-state index in [1.165, 1.54) is 0 Å². The standard InChI is InChI=1S/C14H16FO3/c1-2-9-10-4-3-5-13(18-8-14(16)17)11(10)6-7-12(9)15/h3-5,9,12H,1-2,6-8H2,(H,16,17). The lowest BCUT2D eigenvalue weighted by Gasteiger charge is -2.29. The molecule has 1 aromatic rings. The number of fused-ring (bicyclic) bond motifs is 1. The minimum atomic E-state index is -1.01. The lowest BCUT2D eigenvalue weighted by Crippen LogP contribution is -2.22. The van der Waals surface area contributed by atoms with Crippen LogP contribution in [0.15, 0.2) is 18.2 Å². The summed E-state index contributed by atoms with van der Waals surface area (Å²) >= 11 is 0. The Morgan fingerprint density at radius 1 is 1.56 bits per heavy atom. The van der Waals surface area contributed by atoms with Crippen molar-refractivity contribution in [3.63, 3.8) is 0 Å². The SMILES string of the molecule is [CH2]CC1c2cccc(OCC(=O)O)c2CCC1F. The summed E-state index contributed by atoms with van der Waals surface area (Å²) in [6.07, 6.45) is 0.657. The van der Waals surface area contributed by atoms with Gasteiger partial charge in [-0.1, -0.05) is 19.1 Å². The summed E-state index contributed by atoms with van der Waals surface area (Å²) < 4.78 is 19.0. The first kappa shape index (κ1) is 12.9. The van der Waals surface area contributed by atoms with Crippen molar-refractivity contribution in [3.8, 4) is 5.75 Å². The van der Waals surface area contributed by atoms with Gasteiger partial charge >= 0.3 is 5.97 Å². The normalized spacial score (nSPS) is 22.3. The third-order valence-electron chi connectivity index (χ3n) is 3.34. The highest BCUT2D eigenvalue weighted by atomic mass is 19.1. The summed E-state index contributed by atoms with van der Waals surface area (Å²) in [6, 6.07) is 5.39. The fourth-order valence-electron chi connectivity index (χ4n) is 2.49.